The van der Waals surface area contributed by atoms with Crippen molar-refractivity contribution in [3.63, 3.8) is 0 Å². The number of benzene rings is 1. The Morgan fingerprint density at radius 1 is 1.19 bits per heavy atom. The Balaban J connectivity index is 1.98. The second-order valence-electron chi connectivity index (χ2n) is 7.49. The van der Waals surface area contributed by atoms with E-state index in [0.29, 0.717) is 6.04 Å². The van der Waals surface area contributed by atoms with Crippen molar-refractivity contribution in [2.24, 2.45) is 0 Å². The highest BCUT2D eigenvalue weighted by molar-refractivity contribution is 5.28. The Kier molecular flexibility index (Phi) is 5.07. The van der Waals surface area contributed by atoms with Gasteiger partial charge in [0.2, 0.25) is 0 Å². The summed E-state index contributed by atoms with van der Waals surface area (Å²) in [6, 6.07) is 8.95. The standard InChI is InChI=1S/C18H30N2O/c1-14-12-19(5)10-11-20(14)13-17(21)15-6-8-16(9-7-15)18(2,3)4/h6-9,14,17,21H,10-13H2,1-5H3. The molecular weight excluding hydrogens is 260 g/mol. The van der Waals surface area contributed by atoms with Crippen LogP contribution in [0.15, 0.2) is 24.3 Å². The molecule has 0 saturated carbocycles. The number of β-amino-alcohol motifs (C(OH)–C–C–N with tert-alkyl or cyclic N) is 1. The van der Waals surface area contributed by atoms with E-state index in [0.717, 1.165) is 31.7 Å². The molecule has 0 aliphatic carbocycles. The first-order chi connectivity index (χ1) is 9.77. The molecule has 0 aromatic heterocycles. The van der Waals surface area contributed by atoms with Crippen molar-refractivity contribution < 1.29 is 5.11 Å². The van der Waals surface area contributed by atoms with Crippen molar-refractivity contribution in [2.75, 3.05) is 33.2 Å². The molecule has 118 valence electrons. The van der Waals surface area contributed by atoms with Gasteiger partial charge in [-0.25, -0.2) is 0 Å². The van der Waals surface area contributed by atoms with E-state index >= 15 is 0 Å². The summed E-state index contributed by atoms with van der Waals surface area (Å²) in [5.74, 6) is 0. The average Bonchev–Trinajstić information content (AvgIpc) is 2.41. The van der Waals surface area contributed by atoms with Gasteiger partial charge in [-0.2, -0.15) is 0 Å². The third-order valence-electron chi connectivity index (χ3n) is 4.54. The van der Waals surface area contributed by atoms with E-state index in [-0.39, 0.29) is 5.41 Å². The monoisotopic (exact) mass is 290 g/mol. The molecule has 1 aliphatic heterocycles. The zero-order chi connectivity index (χ0) is 15.6. The van der Waals surface area contributed by atoms with Crippen molar-refractivity contribution in [3.05, 3.63) is 35.4 Å². The zero-order valence-electron chi connectivity index (χ0n) is 14.1. The summed E-state index contributed by atoms with van der Waals surface area (Å²) in [5.41, 5.74) is 2.50. The van der Waals surface area contributed by atoms with E-state index in [9.17, 15) is 5.11 Å². The zero-order valence-corrected chi connectivity index (χ0v) is 14.1. The summed E-state index contributed by atoms with van der Waals surface area (Å²) in [4.78, 5) is 4.74. The van der Waals surface area contributed by atoms with Crippen LogP contribution in [0.4, 0.5) is 0 Å². The maximum atomic E-state index is 10.5. The van der Waals surface area contributed by atoms with Gasteiger partial charge in [0.1, 0.15) is 0 Å². The van der Waals surface area contributed by atoms with Gasteiger partial charge in [-0.05, 0) is 30.5 Å². The molecule has 1 heterocycles. The SMILES string of the molecule is CC1CN(C)CCN1CC(O)c1ccc(C(C)(C)C)cc1. The number of aliphatic hydroxyl groups is 1. The van der Waals surface area contributed by atoms with Crippen LogP contribution in [0.3, 0.4) is 0 Å². The maximum Gasteiger partial charge on any atom is 0.0917 e. The molecule has 1 aromatic carbocycles. The Bertz CT molecular complexity index is 449. The highest BCUT2D eigenvalue weighted by atomic mass is 16.3. The Morgan fingerprint density at radius 2 is 1.81 bits per heavy atom. The van der Waals surface area contributed by atoms with Crippen LogP contribution in [0.2, 0.25) is 0 Å². The maximum absolute atomic E-state index is 10.5. The summed E-state index contributed by atoms with van der Waals surface area (Å²) >= 11 is 0. The number of hydrogen-bond acceptors (Lipinski definition) is 3. The molecule has 1 fully saturated rings. The van der Waals surface area contributed by atoms with Crippen LogP contribution in [0.5, 0.6) is 0 Å². The van der Waals surface area contributed by atoms with E-state index < -0.39 is 6.10 Å². The summed E-state index contributed by atoms with van der Waals surface area (Å²) in [5, 5.41) is 10.5. The highest BCUT2D eigenvalue weighted by Crippen LogP contribution is 2.24. The molecule has 1 saturated heterocycles. The molecule has 0 amide bonds. The van der Waals surface area contributed by atoms with Crippen molar-refractivity contribution in [3.8, 4) is 0 Å². The fourth-order valence-electron chi connectivity index (χ4n) is 2.98. The van der Waals surface area contributed by atoms with Crippen molar-refractivity contribution in [2.45, 2.75) is 45.3 Å². The van der Waals surface area contributed by atoms with Gasteiger partial charge in [0.25, 0.3) is 0 Å². The summed E-state index contributed by atoms with van der Waals surface area (Å²) in [7, 11) is 2.16. The number of rotatable bonds is 3. The second kappa shape index (κ2) is 6.47. The van der Waals surface area contributed by atoms with Crippen molar-refractivity contribution >= 4 is 0 Å². The number of hydrogen-bond donors (Lipinski definition) is 1. The first-order valence-electron chi connectivity index (χ1n) is 7.98. The Hall–Kier alpha value is -0.900. The molecule has 0 spiro atoms. The first-order valence-corrected chi connectivity index (χ1v) is 7.98. The molecule has 21 heavy (non-hydrogen) atoms. The van der Waals surface area contributed by atoms with E-state index in [1.807, 2.05) is 0 Å². The second-order valence-corrected chi connectivity index (χ2v) is 7.49. The molecule has 3 heteroatoms. The molecule has 1 aromatic rings. The van der Waals surface area contributed by atoms with Gasteiger partial charge in [-0.3, -0.25) is 4.90 Å². The van der Waals surface area contributed by atoms with Crippen LogP contribution in [0, 0.1) is 0 Å². The Morgan fingerprint density at radius 3 is 2.33 bits per heavy atom. The summed E-state index contributed by atoms with van der Waals surface area (Å²) < 4.78 is 0. The molecule has 2 unspecified atom stereocenters. The van der Waals surface area contributed by atoms with Crippen LogP contribution in [-0.4, -0.2) is 54.2 Å². The summed E-state index contributed by atoms with van der Waals surface area (Å²) in [6.07, 6.45) is -0.398. The van der Waals surface area contributed by atoms with Gasteiger partial charge in [-0.1, -0.05) is 45.0 Å². The third-order valence-corrected chi connectivity index (χ3v) is 4.54. The fraction of sp³-hybridized carbons (Fsp3) is 0.667. The number of piperazine rings is 1. The van der Waals surface area contributed by atoms with Crippen LogP contribution < -0.4 is 0 Å². The van der Waals surface area contributed by atoms with Crippen LogP contribution in [0.1, 0.15) is 44.9 Å². The molecule has 0 radical (unpaired) electrons. The fourth-order valence-corrected chi connectivity index (χ4v) is 2.98. The molecule has 1 aliphatic rings. The largest absolute Gasteiger partial charge is 0.387 e. The number of aliphatic hydroxyl groups excluding tert-OH is 1. The van der Waals surface area contributed by atoms with E-state index in [2.05, 4.69) is 68.8 Å². The van der Waals surface area contributed by atoms with Crippen molar-refractivity contribution in [1.29, 1.82) is 0 Å². The summed E-state index contributed by atoms with van der Waals surface area (Å²) in [6.45, 7) is 12.8. The van der Waals surface area contributed by atoms with Gasteiger partial charge >= 0.3 is 0 Å². The lowest BCUT2D eigenvalue weighted by molar-refractivity contribution is 0.0474. The van der Waals surface area contributed by atoms with Crippen LogP contribution in [-0.2, 0) is 5.41 Å². The Labute approximate surface area is 129 Å². The molecule has 0 bridgehead atoms. The van der Waals surface area contributed by atoms with Gasteiger partial charge in [0.05, 0.1) is 6.10 Å². The van der Waals surface area contributed by atoms with Crippen LogP contribution in [0.25, 0.3) is 0 Å². The highest BCUT2D eigenvalue weighted by Gasteiger charge is 2.24. The molecule has 2 atom stereocenters. The minimum absolute atomic E-state index is 0.162. The van der Waals surface area contributed by atoms with E-state index in [4.69, 9.17) is 0 Å². The lowest BCUT2D eigenvalue weighted by Crippen LogP contribution is -2.51. The van der Waals surface area contributed by atoms with E-state index in [1.165, 1.54) is 5.56 Å². The van der Waals surface area contributed by atoms with Crippen molar-refractivity contribution in [1.82, 2.24) is 9.80 Å². The molecular formula is C18H30N2O. The quantitative estimate of drug-likeness (QED) is 0.927. The number of likely N-dealkylation sites (N-methyl/N-ethyl adjacent to an activating group) is 1. The topological polar surface area (TPSA) is 26.7 Å². The lowest BCUT2D eigenvalue weighted by atomic mass is 9.86. The van der Waals surface area contributed by atoms with Gasteiger partial charge in [0, 0.05) is 32.2 Å². The predicted molar refractivity (Wildman–Crippen MR) is 88.6 cm³/mol. The molecule has 2 rings (SSSR count). The minimum atomic E-state index is -0.398. The average molecular weight is 290 g/mol. The normalized spacial score (nSPS) is 23.2. The smallest absolute Gasteiger partial charge is 0.0917 e. The molecule has 1 N–H and O–H groups in total. The molecule has 3 nitrogen and oxygen atoms in total. The number of nitrogens with zero attached hydrogens (tertiary/aromatic N) is 2. The van der Waals surface area contributed by atoms with Gasteiger partial charge < -0.3 is 10.0 Å². The minimum Gasteiger partial charge on any atom is -0.387 e. The van der Waals surface area contributed by atoms with Gasteiger partial charge in [0.15, 0.2) is 0 Å². The first kappa shape index (κ1) is 16.5. The van der Waals surface area contributed by atoms with Crippen LogP contribution >= 0.6 is 0 Å². The van der Waals surface area contributed by atoms with Gasteiger partial charge in [-0.15, -0.1) is 0 Å². The predicted octanol–water partition coefficient (Wildman–Crippen LogP) is 2.65. The van der Waals surface area contributed by atoms with E-state index in [1.54, 1.807) is 0 Å². The third kappa shape index (κ3) is 4.29. The lowest BCUT2D eigenvalue weighted by Gasteiger charge is -2.39.